The van der Waals surface area contributed by atoms with Crippen LogP contribution in [0.15, 0.2) is 46.7 Å². The molecule has 1 aromatic carbocycles. The van der Waals surface area contributed by atoms with Gasteiger partial charge in [0.25, 0.3) is 0 Å². The Morgan fingerprint density at radius 3 is 2.69 bits per heavy atom. The molecule has 0 fully saturated rings. The van der Waals surface area contributed by atoms with E-state index in [2.05, 4.69) is 9.97 Å². The zero-order valence-corrected chi connectivity index (χ0v) is 9.57. The minimum absolute atomic E-state index is 0.669. The second-order valence-electron chi connectivity index (χ2n) is 3.04. The first kappa shape index (κ1) is 10.8. The van der Waals surface area contributed by atoms with Gasteiger partial charge in [-0.05, 0) is 36.0 Å². The third-order valence-electron chi connectivity index (χ3n) is 1.96. The van der Waals surface area contributed by atoms with Gasteiger partial charge >= 0.3 is 0 Å². The van der Waals surface area contributed by atoms with Gasteiger partial charge in [0, 0.05) is 23.0 Å². The Hall–Kier alpha value is -1.75. The number of benzene rings is 1. The first-order valence-electron chi connectivity index (χ1n) is 4.68. The van der Waals surface area contributed by atoms with Crippen molar-refractivity contribution in [1.29, 1.82) is 0 Å². The normalized spacial score (nSPS) is 10.1. The molecule has 0 bridgehead atoms. The fraction of sp³-hybridized carbons (Fsp3) is 0.0909. The number of nitrogen functional groups attached to an aromatic ring is 1. The molecule has 5 heteroatoms. The van der Waals surface area contributed by atoms with Crippen LogP contribution in [0.5, 0.6) is 5.75 Å². The van der Waals surface area contributed by atoms with E-state index < -0.39 is 0 Å². The second kappa shape index (κ2) is 4.85. The lowest BCUT2D eigenvalue weighted by atomic mass is 10.3. The molecule has 16 heavy (non-hydrogen) atoms. The molecule has 4 nitrogen and oxygen atoms in total. The van der Waals surface area contributed by atoms with Crippen LogP contribution in [0.3, 0.4) is 0 Å². The van der Waals surface area contributed by atoms with Gasteiger partial charge in [-0.15, -0.1) is 0 Å². The van der Waals surface area contributed by atoms with E-state index in [4.69, 9.17) is 10.5 Å². The predicted molar refractivity (Wildman–Crippen MR) is 63.6 cm³/mol. The molecule has 0 radical (unpaired) electrons. The molecule has 0 amide bonds. The van der Waals surface area contributed by atoms with Crippen molar-refractivity contribution >= 4 is 17.4 Å². The lowest BCUT2D eigenvalue weighted by molar-refractivity contribution is 0.414. The molecule has 0 unspecified atom stereocenters. The number of nitrogens with zero attached hydrogens (tertiary/aromatic N) is 2. The van der Waals surface area contributed by atoms with Crippen LogP contribution >= 0.6 is 11.8 Å². The third-order valence-corrected chi connectivity index (χ3v) is 2.93. The smallest absolute Gasteiger partial charge is 0.192 e. The summed E-state index contributed by atoms with van der Waals surface area (Å²) < 4.78 is 5.14. The molecule has 2 N–H and O–H groups in total. The first-order valence-corrected chi connectivity index (χ1v) is 5.49. The fourth-order valence-corrected chi connectivity index (χ4v) is 1.95. The molecule has 1 heterocycles. The SMILES string of the molecule is COc1ccc(N)c(Sc2ncccn2)c1. The van der Waals surface area contributed by atoms with Crippen molar-refractivity contribution in [2.75, 3.05) is 12.8 Å². The van der Waals surface area contributed by atoms with E-state index in [1.807, 2.05) is 18.2 Å². The van der Waals surface area contributed by atoms with Gasteiger partial charge in [-0.3, -0.25) is 0 Å². The second-order valence-corrected chi connectivity index (χ2v) is 4.05. The summed E-state index contributed by atoms with van der Waals surface area (Å²) in [4.78, 5) is 9.15. The lowest BCUT2D eigenvalue weighted by Gasteiger charge is -2.06. The van der Waals surface area contributed by atoms with Crippen molar-refractivity contribution in [3.05, 3.63) is 36.7 Å². The van der Waals surface area contributed by atoms with Crippen LogP contribution in [0, 0.1) is 0 Å². The summed E-state index contributed by atoms with van der Waals surface area (Å²) in [7, 11) is 1.62. The van der Waals surface area contributed by atoms with Crippen LogP contribution in [0.4, 0.5) is 5.69 Å². The van der Waals surface area contributed by atoms with Crippen LogP contribution in [0.25, 0.3) is 0 Å². The van der Waals surface area contributed by atoms with Gasteiger partial charge in [-0.25, -0.2) is 9.97 Å². The molecule has 0 aliphatic carbocycles. The van der Waals surface area contributed by atoms with Crippen molar-refractivity contribution in [3.63, 3.8) is 0 Å². The predicted octanol–water partition coefficient (Wildman–Crippen LogP) is 2.22. The molecule has 0 saturated heterocycles. The number of nitrogens with two attached hydrogens (primary N) is 1. The minimum Gasteiger partial charge on any atom is -0.497 e. The highest BCUT2D eigenvalue weighted by Crippen LogP contribution is 2.32. The summed E-state index contributed by atoms with van der Waals surface area (Å²) in [5.41, 5.74) is 6.55. The van der Waals surface area contributed by atoms with Crippen molar-refractivity contribution < 1.29 is 4.74 Å². The number of rotatable bonds is 3. The number of hydrogen-bond acceptors (Lipinski definition) is 5. The molecule has 2 aromatic rings. The number of methoxy groups -OCH3 is 1. The largest absolute Gasteiger partial charge is 0.497 e. The van der Waals surface area contributed by atoms with Crippen LogP contribution in [0.2, 0.25) is 0 Å². The fourth-order valence-electron chi connectivity index (χ4n) is 1.17. The monoisotopic (exact) mass is 233 g/mol. The molecular formula is C11H11N3OS. The Bertz CT molecular complexity index is 476. The van der Waals surface area contributed by atoms with Gasteiger partial charge in [0.05, 0.1) is 7.11 Å². The Balaban J connectivity index is 2.27. The maximum atomic E-state index is 5.86. The van der Waals surface area contributed by atoms with E-state index in [0.29, 0.717) is 10.8 Å². The van der Waals surface area contributed by atoms with Crippen LogP contribution in [0.1, 0.15) is 0 Å². The van der Waals surface area contributed by atoms with Crippen LogP contribution in [-0.2, 0) is 0 Å². The summed E-state index contributed by atoms with van der Waals surface area (Å²) in [6, 6.07) is 7.28. The zero-order chi connectivity index (χ0) is 11.4. The van der Waals surface area contributed by atoms with E-state index in [0.717, 1.165) is 10.6 Å². The molecule has 0 saturated carbocycles. The molecule has 0 aliphatic heterocycles. The summed E-state index contributed by atoms with van der Waals surface area (Å²) >= 11 is 1.42. The van der Waals surface area contributed by atoms with Gasteiger partial charge in [-0.1, -0.05) is 0 Å². The van der Waals surface area contributed by atoms with Crippen molar-refractivity contribution in [1.82, 2.24) is 9.97 Å². The molecule has 2 rings (SSSR count). The lowest BCUT2D eigenvalue weighted by Crippen LogP contribution is -1.91. The van der Waals surface area contributed by atoms with Gasteiger partial charge in [0.15, 0.2) is 5.16 Å². The first-order chi connectivity index (χ1) is 7.79. The Labute approximate surface area is 97.9 Å². The Morgan fingerprint density at radius 2 is 2.00 bits per heavy atom. The van der Waals surface area contributed by atoms with E-state index in [-0.39, 0.29) is 0 Å². The number of aromatic nitrogens is 2. The average molecular weight is 233 g/mol. The van der Waals surface area contributed by atoms with Gasteiger partial charge in [-0.2, -0.15) is 0 Å². The molecule has 82 valence electrons. The van der Waals surface area contributed by atoms with Crippen molar-refractivity contribution in [2.45, 2.75) is 10.1 Å². The maximum absolute atomic E-state index is 5.86. The van der Waals surface area contributed by atoms with E-state index in [9.17, 15) is 0 Å². The van der Waals surface area contributed by atoms with Crippen LogP contribution in [-0.4, -0.2) is 17.1 Å². The van der Waals surface area contributed by atoms with Gasteiger partial charge < -0.3 is 10.5 Å². The summed E-state index contributed by atoms with van der Waals surface area (Å²) in [5.74, 6) is 0.771. The highest BCUT2D eigenvalue weighted by Gasteiger charge is 2.05. The molecule has 0 atom stereocenters. The van der Waals surface area contributed by atoms with Gasteiger partial charge in [0.2, 0.25) is 0 Å². The Morgan fingerprint density at radius 1 is 1.25 bits per heavy atom. The van der Waals surface area contributed by atoms with E-state index in [1.165, 1.54) is 11.8 Å². The van der Waals surface area contributed by atoms with E-state index >= 15 is 0 Å². The molecule has 0 spiro atoms. The summed E-state index contributed by atoms with van der Waals surface area (Å²) in [6.07, 6.45) is 3.40. The van der Waals surface area contributed by atoms with Crippen molar-refractivity contribution in [3.8, 4) is 5.75 Å². The number of ether oxygens (including phenoxy) is 1. The van der Waals surface area contributed by atoms with Crippen molar-refractivity contribution in [2.24, 2.45) is 0 Å². The molecular weight excluding hydrogens is 222 g/mol. The summed E-state index contributed by atoms with van der Waals surface area (Å²) in [5, 5.41) is 0.669. The molecule has 0 aliphatic rings. The highest BCUT2D eigenvalue weighted by molar-refractivity contribution is 7.99. The minimum atomic E-state index is 0.669. The number of hydrogen-bond donors (Lipinski definition) is 1. The molecule has 1 aromatic heterocycles. The quantitative estimate of drug-likeness (QED) is 0.650. The Kier molecular flexibility index (Phi) is 3.26. The zero-order valence-electron chi connectivity index (χ0n) is 8.75. The number of anilines is 1. The van der Waals surface area contributed by atoms with Gasteiger partial charge in [0.1, 0.15) is 5.75 Å². The maximum Gasteiger partial charge on any atom is 0.192 e. The summed E-state index contributed by atoms with van der Waals surface area (Å²) in [6.45, 7) is 0. The average Bonchev–Trinajstić information content (AvgIpc) is 2.33. The highest BCUT2D eigenvalue weighted by atomic mass is 32.2. The topological polar surface area (TPSA) is 61.0 Å². The standard InChI is InChI=1S/C11H11N3OS/c1-15-8-3-4-9(12)10(7-8)16-11-13-5-2-6-14-11/h2-7H,12H2,1H3. The van der Waals surface area contributed by atoms with Crippen LogP contribution < -0.4 is 10.5 Å². The van der Waals surface area contributed by atoms with E-state index in [1.54, 1.807) is 25.6 Å². The third kappa shape index (κ3) is 2.43.